The van der Waals surface area contributed by atoms with Gasteiger partial charge in [-0.05, 0) is 25.0 Å². The highest BCUT2D eigenvalue weighted by atomic mass is 28.4. The summed E-state index contributed by atoms with van der Waals surface area (Å²) >= 11 is 0. The minimum atomic E-state index is -2.28. The Bertz CT molecular complexity index is 591. The van der Waals surface area contributed by atoms with Crippen molar-refractivity contribution in [1.29, 1.82) is 0 Å². The van der Waals surface area contributed by atoms with Crippen LogP contribution in [0.25, 0.3) is 12.2 Å². The van der Waals surface area contributed by atoms with Crippen LogP contribution in [-0.2, 0) is 8.85 Å². The lowest BCUT2D eigenvalue weighted by molar-refractivity contribution is 0.188. The van der Waals surface area contributed by atoms with Gasteiger partial charge >= 0.3 is 8.56 Å². The predicted molar refractivity (Wildman–Crippen MR) is 110 cm³/mol. The summed E-state index contributed by atoms with van der Waals surface area (Å²) in [4.78, 5) is 0. The SMILES string of the molecule is CCO[Si](C/C=C/c1ccccc1)(C/C=C/c1ccccc1)OCC. The molecule has 0 N–H and O–H groups in total. The van der Waals surface area contributed by atoms with Crippen LogP contribution in [0.1, 0.15) is 25.0 Å². The van der Waals surface area contributed by atoms with Crippen LogP contribution in [-0.4, -0.2) is 21.8 Å². The minimum absolute atomic E-state index is 0.685. The lowest BCUT2D eigenvalue weighted by atomic mass is 10.2. The number of hydrogen-bond acceptors (Lipinski definition) is 2. The van der Waals surface area contributed by atoms with Gasteiger partial charge in [-0.1, -0.05) is 85.0 Å². The number of allylic oxidation sites excluding steroid dienone is 2. The standard InChI is InChI=1S/C22H28O2Si/c1-3-23-25(24-4-2,19-11-17-21-13-7-5-8-14-21)20-12-18-22-15-9-6-10-16-22/h5-18H,3-4,19-20H2,1-2H3/b17-11+,18-12+. The van der Waals surface area contributed by atoms with Crippen LogP contribution in [0.15, 0.2) is 72.8 Å². The maximum absolute atomic E-state index is 6.16. The highest BCUT2D eigenvalue weighted by Crippen LogP contribution is 2.22. The van der Waals surface area contributed by atoms with E-state index in [1.54, 1.807) is 0 Å². The fourth-order valence-corrected chi connectivity index (χ4v) is 5.49. The van der Waals surface area contributed by atoms with Gasteiger partial charge in [-0.15, -0.1) is 0 Å². The molecule has 0 aromatic heterocycles. The molecule has 0 fully saturated rings. The first-order valence-corrected chi connectivity index (χ1v) is 11.2. The highest BCUT2D eigenvalue weighted by molar-refractivity contribution is 6.68. The van der Waals surface area contributed by atoms with Crippen LogP contribution in [0.4, 0.5) is 0 Å². The van der Waals surface area contributed by atoms with Gasteiger partial charge in [0.15, 0.2) is 0 Å². The van der Waals surface area contributed by atoms with E-state index in [-0.39, 0.29) is 0 Å². The largest absolute Gasteiger partial charge is 0.394 e. The lowest BCUT2D eigenvalue weighted by Gasteiger charge is -2.28. The van der Waals surface area contributed by atoms with Gasteiger partial charge < -0.3 is 8.85 Å². The van der Waals surface area contributed by atoms with E-state index >= 15 is 0 Å². The predicted octanol–water partition coefficient (Wildman–Crippen LogP) is 5.93. The van der Waals surface area contributed by atoms with Gasteiger partial charge in [0.1, 0.15) is 0 Å². The number of benzene rings is 2. The van der Waals surface area contributed by atoms with Gasteiger partial charge in [-0.2, -0.15) is 0 Å². The third-order valence-electron chi connectivity index (χ3n) is 3.89. The molecule has 0 bridgehead atoms. The van der Waals surface area contributed by atoms with Crippen LogP contribution in [0.2, 0.25) is 12.1 Å². The van der Waals surface area contributed by atoms with Gasteiger partial charge in [-0.3, -0.25) is 0 Å². The van der Waals surface area contributed by atoms with E-state index in [0.717, 1.165) is 12.1 Å². The van der Waals surface area contributed by atoms with Crippen molar-refractivity contribution in [2.24, 2.45) is 0 Å². The summed E-state index contributed by atoms with van der Waals surface area (Å²) in [7, 11) is -2.28. The molecule has 132 valence electrons. The Morgan fingerprint density at radius 2 is 1.08 bits per heavy atom. The van der Waals surface area contributed by atoms with Crippen molar-refractivity contribution in [1.82, 2.24) is 0 Å². The van der Waals surface area contributed by atoms with E-state index in [9.17, 15) is 0 Å². The van der Waals surface area contributed by atoms with Crippen LogP contribution in [0.3, 0.4) is 0 Å². The third-order valence-corrected chi connectivity index (χ3v) is 7.24. The molecular weight excluding hydrogens is 324 g/mol. The van der Waals surface area contributed by atoms with Gasteiger partial charge in [-0.25, -0.2) is 0 Å². The Morgan fingerprint density at radius 3 is 1.44 bits per heavy atom. The average molecular weight is 353 g/mol. The molecule has 0 heterocycles. The minimum Gasteiger partial charge on any atom is -0.394 e. The highest BCUT2D eigenvalue weighted by Gasteiger charge is 2.34. The first-order valence-electron chi connectivity index (χ1n) is 8.99. The van der Waals surface area contributed by atoms with E-state index in [1.165, 1.54) is 11.1 Å². The van der Waals surface area contributed by atoms with E-state index in [2.05, 4.69) is 72.8 Å². The first-order chi connectivity index (χ1) is 12.3. The molecule has 0 radical (unpaired) electrons. The summed E-state index contributed by atoms with van der Waals surface area (Å²) in [6.45, 7) is 5.46. The maximum atomic E-state index is 6.16. The molecule has 3 heteroatoms. The van der Waals surface area contributed by atoms with E-state index in [0.29, 0.717) is 13.2 Å². The zero-order chi connectivity index (χ0) is 17.8. The summed E-state index contributed by atoms with van der Waals surface area (Å²) in [5, 5.41) is 0. The van der Waals surface area contributed by atoms with Crippen LogP contribution >= 0.6 is 0 Å². The number of rotatable bonds is 10. The van der Waals surface area contributed by atoms with Crippen molar-refractivity contribution in [2.75, 3.05) is 13.2 Å². The summed E-state index contributed by atoms with van der Waals surface area (Å²) in [6.07, 6.45) is 8.70. The second-order valence-corrected chi connectivity index (χ2v) is 9.03. The number of hydrogen-bond donors (Lipinski definition) is 0. The molecule has 0 spiro atoms. The topological polar surface area (TPSA) is 18.5 Å². The molecule has 2 aromatic rings. The van der Waals surface area contributed by atoms with Crippen molar-refractivity contribution in [3.05, 3.63) is 83.9 Å². The molecule has 0 amide bonds. The summed E-state index contributed by atoms with van der Waals surface area (Å²) in [5.41, 5.74) is 2.41. The summed E-state index contributed by atoms with van der Waals surface area (Å²) < 4.78 is 12.3. The maximum Gasteiger partial charge on any atom is 0.345 e. The molecular formula is C22H28O2Si. The van der Waals surface area contributed by atoms with Crippen molar-refractivity contribution < 1.29 is 8.85 Å². The summed E-state index contributed by atoms with van der Waals surface area (Å²) in [6, 6.07) is 22.4. The first kappa shape index (κ1) is 19.4. The zero-order valence-corrected chi connectivity index (χ0v) is 16.2. The Labute approximate surface area is 153 Å². The van der Waals surface area contributed by atoms with Crippen LogP contribution < -0.4 is 0 Å². The second kappa shape index (κ2) is 10.8. The molecule has 0 aliphatic carbocycles. The molecule has 0 saturated carbocycles. The smallest absolute Gasteiger partial charge is 0.345 e. The molecule has 0 atom stereocenters. The van der Waals surface area contributed by atoms with E-state index in [1.807, 2.05) is 26.0 Å². The monoisotopic (exact) mass is 352 g/mol. The molecule has 0 aliphatic rings. The van der Waals surface area contributed by atoms with Gasteiger partial charge in [0.25, 0.3) is 0 Å². The quantitative estimate of drug-likeness (QED) is 0.493. The Morgan fingerprint density at radius 1 is 0.680 bits per heavy atom. The zero-order valence-electron chi connectivity index (χ0n) is 15.2. The molecule has 25 heavy (non-hydrogen) atoms. The average Bonchev–Trinajstić information content (AvgIpc) is 2.64. The Balaban J connectivity index is 2.06. The second-order valence-electron chi connectivity index (χ2n) is 5.81. The Kier molecular flexibility index (Phi) is 8.39. The Hall–Kier alpha value is -1.94. The molecule has 2 aromatic carbocycles. The fourth-order valence-electron chi connectivity index (χ4n) is 2.76. The van der Waals surface area contributed by atoms with Gasteiger partial charge in [0.2, 0.25) is 0 Å². The molecule has 0 aliphatic heterocycles. The van der Waals surface area contributed by atoms with Crippen molar-refractivity contribution in [3.8, 4) is 0 Å². The fraction of sp³-hybridized carbons (Fsp3) is 0.273. The van der Waals surface area contributed by atoms with Crippen molar-refractivity contribution >= 4 is 20.7 Å². The van der Waals surface area contributed by atoms with Gasteiger partial charge in [0.05, 0.1) is 0 Å². The summed E-state index contributed by atoms with van der Waals surface area (Å²) in [5.74, 6) is 0. The van der Waals surface area contributed by atoms with Crippen molar-refractivity contribution in [2.45, 2.75) is 25.9 Å². The molecule has 2 rings (SSSR count). The normalized spacial score (nSPS) is 12.2. The van der Waals surface area contributed by atoms with Crippen molar-refractivity contribution in [3.63, 3.8) is 0 Å². The molecule has 0 unspecified atom stereocenters. The van der Waals surface area contributed by atoms with E-state index < -0.39 is 8.56 Å². The van der Waals surface area contributed by atoms with Crippen LogP contribution in [0.5, 0.6) is 0 Å². The lowest BCUT2D eigenvalue weighted by Crippen LogP contribution is -2.41. The molecule has 0 saturated heterocycles. The van der Waals surface area contributed by atoms with Crippen LogP contribution in [0, 0.1) is 0 Å². The molecule has 2 nitrogen and oxygen atoms in total. The van der Waals surface area contributed by atoms with Gasteiger partial charge in [0, 0.05) is 25.3 Å². The third kappa shape index (κ3) is 6.82. The van der Waals surface area contributed by atoms with E-state index in [4.69, 9.17) is 8.85 Å².